The summed E-state index contributed by atoms with van der Waals surface area (Å²) >= 11 is 0. The summed E-state index contributed by atoms with van der Waals surface area (Å²) in [7, 11) is 0. The lowest BCUT2D eigenvalue weighted by Crippen LogP contribution is -2.11. The Labute approximate surface area is 107 Å². The molecule has 1 rings (SSSR count). The van der Waals surface area contributed by atoms with Crippen LogP contribution in [0.4, 0.5) is 11.4 Å². The molecule has 0 bridgehead atoms. The average molecular weight is 250 g/mol. The highest BCUT2D eigenvalue weighted by Crippen LogP contribution is 2.27. The van der Waals surface area contributed by atoms with Gasteiger partial charge in [0.05, 0.1) is 18.1 Å². The van der Waals surface area contributed by atoms with Crippen LogP contribution in [0.15, 0.2) is 24.8 Å². The molecule has 0 spiro atoms. The van der Waals surface area contributed by atoms with E-state index in [1.165, 1.54) is 0 Å². The molecule has 0 aromatic heterocycles. The maximum atomic E-state index is 10.9. The number of rotatable bonds is 7. The van der Waals surface area contributed by atoms with Gasteiger partial charge in [-0.1, -0.05) is 6.08 Å². The molecule has 1 aromatic carbocycles. The second-order valence-corrected chi connectivity index (χ2v) is 4.00. The Morgan fingerprint density at radius 3 is 2.72 bits per heavy atom. The molecule has 1 aromatic rings. The minimum Gasteiger partial charge on any atom is -0.377 e. The third-order valence-corrected chi connectivity index (χ3v) is 2.61. The van der Waals surface area contributed by atoms with Crippen LogP contribution in [0.3, 0.4) is 0 Å². The fourth-order valence-corrected chi connectivity index (χ4v) is 1.52. The number of ether oxygens (including phenoxy) is 1. The van der Waals surface area contributed by atoms with Crippen LogP contribution in [0.25, 0.3) is 0 Å². The molecule has 0 fully saturated rings. The lowest BCUT2D eigenvalue weighted by molar-refractivity contribution is -0.384. The Bertz CT molecular complexity index is 444. The van der Waals surface area contributed by atoms with E-state index in [2.05, 4.69) is 11.9 Å². The summed E-state index contributed by atoms with van der Waals surface area (Å²) in [6.45, 7) is 8.82. The topological polar surface area (TPSA) is 64.4 Å². The van der Waals surface area contributed by atoms with E-state index in [1.807, 2.05) is 13.8 Å². The van der Waals surface area contributed by atoms with Gasteiger partial charge in [0, 0.05) is 12.6 Å². The van der Waals surface area contributed by atoms with Crippen LogP contribution in [0.5, 0.6) is 0 Å². The molecule has 0 radical (unpaired) electrons. The van der Waals surface area contributed by atoms with E-state index in [1.54, 1.807) is 18.2 Å². The van der Waals surface area contributed by atoms with Crippen molar-refractivity contribution >= 4 is 11.4 Å². The van der Waals surface area contributed by atoms with Crippen molar-refractivity contribution in [2.24, 2.45) is 0 Å². The molecule has 0 aliphatic heterocycles. The smallest absolute Gasteiger partial charge is 0.292 e. The normalized spacial score (nSPS) is 10.1. The largest absolute Gasteiger partial charge is 0.377 e. The SMILES string of the molecule is C=CCOCCNc1cc(C)c(C)cc1[N+](=O)[O-]. The number of benzene rings is 1. The number of nitrogens with one attached hydrogen (secondary N) is 1. The molecule has 0 amide bonds. The van der Waals surface area contributed by atoms with Crippen LogP contribution in [0.1, 0.15) is 11.1 Å². The maximum absolute atomic E-state index is 10.9. The fourth-order valence-electron chi connectivity index (χ4n) is 1.52. The molecule has 0 aliphatic rings. The van der Waals surface area contributed by atoms with Gasteiger partial charge in [0.1, 0.15) is 5.69 Å². The van der Waals surface area contributed by atoms with Crippen molar-refractivity contribution in [3.8, 4) is 0 Å². The van der Waals surface area contributed by atoms with Gasteiger partial charge < -0.3 is 10.1 Å². The molecule has 0 heterocycles. The molecule has 98 valence electrons. The highest BCUT2D eigenvalue weighted by Gasteiger charge is 2.14. The average Bonchev–Trinajstić information content (AvgIpc) is 2.32. The minimum absolute atomic E-state index is 0.0989. The van der Waals surface area contributed by atoms with Crippen LogP contribution >= 0.6 is 0 Å². The summed E-state index contributed by atoms with van der Waals surface area (Å²) < 4.78 is 5.21. The van der Waals surface area contributed by atoms with Gasteiger partial charge in [-0.2, -0.15) is 0 Å². The van der Waals surface area contributed by atoms with Crippen LogP contribution < -0.4 is 5.32 Å². The Morgan fingerprint density at radius 1 is 1.44 bits per heavy atom. The van der Waals surface area contributed by atoms with E-state index in [0.29, 0.717) is 25.4 Å². The summed E-state index contributed by atoms with van der Waals surface area (Å²) in [6, 6.07) is 3.38. The molecule has 0 aliphatic carbocycles. The van der Waals surface area contributed by atoms with Crippen LogP contribution in [0.2, 0.25) is 0 Å². The van der Waals surface area contributed by atoms with E-state index in [-0.39, 0.29) is 10.6 Å². The molecular formula is C13H18N2O3. The van der Waals surface area contributed by atoms with E-state index in [0.717, 1.165) is 11.1 Å². The van der Waals surface area contributed by atoms with Crippen LogP contribution in [-0.2, 0) is 4.74 Å². The summed E-state index contributed by atoms with van der Waals surface area (Å²) in [5, 5.41) is 14.0. The van der Waals surface area contributed by atoms with Gasteiger partial charge in [0.15, 0.2) is 0 Å². The van der Waals surface area contributed by atoms with E-state index >= 15 is 0 Å². The van der Waals surface area contributed by atoms with Crippen LogP contribution in [0, 0.1) is 24.0 Å². The Hall–Kier alpha value is -1.88. The zero-order valence-corrected chi connectivity index (χ0v) is 10.7. The van der Waals surface area contributed by atoms with E-state index in [9.17, 15) is 10.1 Å². The third-order valence-electron chi connectivity index (χ3n) is 2.61. The number of hydrogen-bond donors (Lipinski definition) is 1. The monoisotopic (exact) mass is 250 g/mol. The summed E-state index contributed by atoms with van der Waals surface area (Å²) in [5.74, 6) is 0. The van der Waals surface area contributed by atoms with Crippen molar-refractivity contribution in [1.82, 2.24) is 0 Å². The highest BCUT2D eigenvalue weighted by atomic mass is 16.6. The molecule has 18 heavy (non-hydrogen) atoms. The lowest BCUT2D eigenvalue weighted by Gasteiger charge is -2.09. The molecule has 0 unspecified atom stereocenters. The number of anilines is 1. The summed E-state index contributed by atoms with van der Waals surface area (Å²) in [4.78, 5) is 10.6. The number of nitrogens with zero attached hydrogens (tertiary/aromatic N) is 1. The molecule has 0 saturated carbocycles. The standard InChI is InChI=1S/C13H18N2O3/c1-4-6-18-7-5-14-12-8-10(2)11(3)9-13(12)15(16)17/h4,8-9,14H,1,5-7H2,2-3H3. The second kappa shape index (κ2) is 6.76. The Balaban J connectivity index is 2.71. The molecular weight excluding hydrogens is 232 g/mol. The number of hydrogen-bond acceptors (Lipinski definition) is 4. The maximum Gasteiger partial charge on any atom is 0.292 e. The summed E-state index contributed by atoms with van der Waals surface area (Å²) in [6.07, 6.45) is 1.67. The first-order chi connectivity index (χ1) is 8.56. The van der Waals surface area contributed by atoms with Gasteiger partial charge in [-0.05, 0) is 31.0 Å². The van der Waals surface area contributed by atoms with Gasteiger partial charge in [0.2, 0.25) is 0 Å². The molecule has 1 N–H and O–H groups in total. The lowest BCUT2D eigenvalue weighted by atomic mass is 10.1. The Kier molecular flexibility index (Phi) is 5.32. The van der Waals surface area contributed by atoms with Gasteiger partial charge >= 0.3 is 0 Å². The summed E-state index contributed by atoms with van der Waals surface area (Å²) in [5.41, 5.74) is 2.57. The van der Waals surface area contributed by atoms with Gasteiger partial charge in [-0.15, -0.1) is 6.58 Å². The van der Waals surface area contributed by atoms with Crippen LogP contribution in [-0.4, -0.2) is 24.7 Å². The van der Waals surface area contributed by atoms with Gasteiger partial charge in [0.25, 0.3) is 5.69 Å². The van der Waals surface area contributed by atoms with Crippen molar-refractivity contribution in [1.29, 1.82) is 0 Å². The van der Waals surface area contributed by atoms with Crippen molar-refractivity contribution < 1.29 is 9.66 Å². The number of nitro benzene ring substituents is 1. The molecule has 0 atom stereocenters. The minimum atomic E-state index is -0.376. The predicted molar refractivity (Wildman–Crippen MR) is 72.1 cm³/mol. The van der Waals surface area contributed by atoms with Gasteiger partial charge in [-0.3, -0.25) is 10.1 Å². The van der Waals surface area contributed by atoms with Crippen molar-refractivity contribution in [3.63, 3.8) is 0 Å². The number of aryl methyl sites for hydroxylation is 2. The van der Waals surface area contributed by atoms with Crippen molar-refractivity contribution in [2.75, 3.05) is 25.1 Å². The van der Waals surface area contributed by atoms with E-state index in [4.69, 9.17) is 4.74 Å². The quantitative estimate of drug-likeness (QED) is 0.350. The van der Waals surface area contributed by atoms with E-state index < -0.39 is 0 Å². The van der Waals surface area contributed by atoms with Crippen molar-refractivity contribution in [3.05, 3.63) is 46.0 Å². The zero-order chi connectivity index (χ0) is 13.5. The Morgan fingerprint density at radius 2 is 2.11 bits per heavy atom. The second-order valence-electron chi connectivity index (χ2n) is 4.00. The molecule has 5 heteroatoms. The predicted octanol–water partition coefficient (Wildman–Crippen LogP) is 2.83. The molecule has 0 saturated heterocycles. The zero-order valence-electron chi connectivity index (χ0n) is 10.7. The first kappa shape index (κ1) is 14.2. The van der Waals surface area contributed by atoms with Crippen molar-refractivity contribution in [2.45, 2.75) is 13.8 Å². The highest BCUT2D eigenvalue weighted by molar-refractivity contribution is 5.64. The fraction of sp³-hybridized carbons (Fsp3) is 0.385. The third kappa shape index (κ3) is 3.85. The van der Waals surface area contributed by atoms with Gasteiger partial charge in [-0.25, -0.2) is 0 Å². The first-order valence-electron chi connectivity index (χ1n) is 5.74. The first-order valence-corrected chi connectivity index (χ1v) is 5.74. The molecule has 5 nitrogen and oxygen atoms in total. The number of nitro groups is 1.